The third kappa shape index (κ3) is 2.00. The molecule has 0 aromatic carbocycles. The van der Waals surface area contributed by atoms with Gasteiger partial charge in [0.15, 0.2) is 0 Å². The molecule has 6 nitrogen and oxygen atoms in total. The van der Waals surface area contributed by atoms with E-state index in [1.165, 1.54) is 14.2 Å². The molecule has 0 bridgehead atoms. The fraction of sp³-hybridized carbons (Fsp3) is 0.692. The molecule has 0 aliphatic carbocycles. The van der Waals surface area contributed by atoms with Gasteiger partial charge in [-0.15, -0.1) is 6.58 Å². The molecule has 0 radical (unpaired) electrons. The molecule has 0 spiro atoms. The minimum atomic E-state index is -1.30. The highest BCUT2D eigenvalue weighted by atomic mass is 16.5. The number of carbonyl (C=O) groups is 2. The molecule has 1 aliphatic rings. The number of rotatable bonds is 4. The van der Waals surface area contributed by atoms with Gasteiger partial charge in [0.1, 0.15) is 5.54 Å². The van der Waals surface area contributed by atoms with Gasteiger partial charge in [-0.2, -0.15) is 0 Å². The van der Waals surface area contributed by atoms with E-state index in [1.54, 1.807) is 13.0 Å². The van der Waals surface area contributed by atoms with Crippen molar-refractivity contribution in [3.63, 3.8) is 0 Å². The number of hydrogen-bond acceptors (Lipinski definition) is 4. The first kappa shape index (κ1) is 15.5. The topological polar surface area (TPSA) is 76.1 Å². The smallest absolute Gasteiger partial charge is 0.408 e. The largest absolute Gasteiger partial charge is 0.467 e. The Morgan fingerprint density at radius 1 is 1.47 bits per heavy atom. The quantitative estimate of drug-likeness (QED) is 0.619. The fourth-order valence-corrected chi connectivity index (χ4v) is 2.95. The van der Waals surface area contributed by atoms with Crippen LogP contribution in [0.4, 0.5) is 4.79 Å². The minimum Gasteiger partial charge on any atom is -0.467 e. The van der Waals surface area contributed by atoms with Gasteiger partial charge in [0, 0.05) is 12.5 Å². The summed E-state index contributed by atoms with van der Waals surface area (Å²) >= 11 is 0. The first-order chi connectivity index (χ1) is 8.79. The normalized spacial score (nSPS) is 34.1. The second-order valence-electron chi connectivity index (χ2n) is 5.09. The Morgan fingerprint density at radius 2 is 2.05 bits per heavy atom. The molecule has 0 saturated carbocycles. The highest BCUT2D eigenvalue weighted by Crippen LogP contribution is 2.50. The number of carboxylic acid groups (broad SMARTS) is 1. The molecule has 3 atom stereocenters. The zero-order valence-electron chi connectivity index (χ0n) is 11.8. The van der Waals surface area contributed by atoms with Gasteiger partial charge in [-0.05, 0) is 13.3 Å². The first-order valence-corrected chi connectivity index (χ1v) is 6.02. The fourth-order valence-electron chi connectivity index (χ4n) is 2.95. The number of nitrogens with zero attached hydrogens (tertiary/aromatic N) is 1. The standard InChI is InChI=1S/C13H21NO5/c1-6-7-12(2)9(18-4)8-14(11(16)17)13(12,3)10(15)19-5/h6,9H,1,7-8H2,2-5H3,(H,16,17). The Labute approximate surface area is 113 Å². The van der Waals surface area contributed by atoms with E-state index in [0.29, 0.717) is 6.42 Å². The lowest BCUT2D eigenvalue weighted by atomic mass is 9.68. The molecule has 1 amide bonds. The van der Waals surface area contributed by atoms with Crippen molar-refractivity contribution in [2.24, 2.45) is 5.41 Å². The zero-order valence-corrected chi connectivity index (χ0v) is 11.8. The molecule has 1 heterocycles. The molecule has 108 valence electrons. The lowest BCUT2D eigenvalue weighted by molar-refractivity contribution is -0.159. The van der Waals surface area contributed by atoms with E-state index in [0.717, 1.165) is 4.90 Å². The molecule has 1 rings (SSSR count). The molecule has 1 saturated heterocycles. The molecule has 1 fully saturated rings. The van der Waals surface area contributed by atoms with Crippen molar-refractivity contribution >= 4 is 12.1 Å². The highest BCUT2D eigenvalue weighted by Gasteiger charge is 2.65. The maximum Gasteiger partial charge on any atom is 0.408 e. The summed E-state index contributed by atoms with van der Waals surface area (Å²) in [5.74, 6) is -0.584. The Hall–Kier alpha value is -1.56. The summed E-state index contributed by atoms with van der Waals surface area (Å²) in [6.07, 6.45) is 0.549. The summed E-state index contributed by atoms with van der Waals surface area (Å²) in [5.41, 5.74) is -2.03. The molecule has 6 heteroatoms. The lowest BCUT2D eigenvalue weighted by Crippen LogP contribution is -2.59. The van der Waals surface area contributed by atoms with Crippen LogP contribution in [0, 0.1) is 5.41 Å². The van der Waals surface area contributed by atoms with E-state index >= 15 is 0 Å². The number of esters is 1. The van der Waals surface area contributed by atoms with Gasteiger partial charge in [-0.25, -0.2) is 9.59 Å². The van der Waals surface area contributed by atoms with Crippen LogP contribution in [-0.2, 0) is 14.3 Å². The SMILES string of the molecule is C=CCC1(C)C(OC)CN(C(=O)O)C1(C)C(=O)OC. The van der Waals surface area contributed by atoms with Crippen LogP contribution < -0.4 is 0 Å². The van der Waals surface area contributed by atoms with Crippen molar-refractivity contribution in [3.8, 4) is 0 Å². The van der Waals surface area contributed by atoms with Crippen molar-refractivity contribution in [3.05, 3.63) is 12.7 Å². The van der Waals surface area contributed by atoms with E-state index in [4.69, 9.17) is 9.47 Å². The number of ether oxygens (including phenoxy) is 2. The summed E-state index contributed by atoms with van der Waals surface area (Å²) in [6.45, 7) is 7.21. The van der Waals surface area contributed by atoms with Crippen LogP contribution in [0.2, 0.25) is 0 Å². The third-order valence-electron chi connectivity index (χ3n) is 4.38. The number of amides is 1. The second kappa shape index (κ2) is 5.21. The Bertz CT molecular complexity index is 396. The molecule has 1 N–H and O–H groups in total. The molecule has 19 heavy (non-hydrogen) atoms. The van der Waals surface area contributed by atoms with Gasteiger partial charge in [0.05, 0.1) is 19.8 Å². The molecular formula is C13H21NO5. The van der Waals surface area contributed by atoms with Gasteiger partial charge in [0.2, 0.25) is 0 Å². The lowest BCUT2D eigenvalue weighted by Gasteiger charge is -2.42. The van der Waals surface area contributed by atoms with Gasteiger partial charge < -0.3 is 14.6 Å². The number of hydrogen-bond donors (Lipinski definition) is 1. The summed E-state index contributed by atoms with van der Waals surface area (Å²) in [7, 11) is 2.76. The van der Waals surface area contributed by atoms with Gasteiger partial charge >= 0.3 is 12.1 Å². The number of allylic oxidation sites excluding steroid dienone is 1. The van der Waals surface area contributed by atoms with E-state index in [1.807, 2.05) is 6.92 Å². The van der Waals surface area contributed by atoms with E-state index in [2.05, 4.69) is 6.58 Å². The van der Waals surface area contributed by atoms with Gasteiger partial charge in [0.25, 0.3) is 0 Å². The van der Waals surface area contributed by atoms with Crippen molar-refractivity contribution < 1.29 is 24.2 Å². The number of likely N-dealkylation sites (tertiary alicyclic amines) is 1. The Morgan fingerprint density at radius 3 is 2.42 bits per heavy atom. The first-order valence-electron chi connectivity index (χ1n) is 6.02. The van der Waals surface area contributed by atoms with E-state index in [9.17, 15) is 14.7 Å². The number of carbonyl (C=O) groups excluding carboxylic acids is 1. The maximum atomic E-state index is 12.2. The van der Waals surface area contributed by atoms with Crippen molar-refractivity contribution in [2.75, 3.05) is 20.8 Å². The van der Waals surface area contributed by atoms with Crippen molar-refractivity contribution in [1.29, 1.82) is 0 Å². The molecule has 0 aromatic rings. The van der Waals surface area contributed by atoms with Crippen LogP contribution in [0.3, 0.4) is 0 Å². The van der Waals surface area contributed by atoms with Crippen LogP contribution in [0.5, 0.6) is 0 Å². The highest BCUT2D eigenvalue weighted by molar-refractivity contribution is 5.87. The van der Waals surface area contributed by atoms with Crippen LogP contribution in [0.15, 0.2) is 12.7 Å². The van der Waals surface area contributed by atoms with E-state index in [-0.39, 0.29) is 6.54 Å². The summed E-state index contributed by atoms with van der Waals surface area (Å²) in [6, 6.07) is 0. The molecule has 1 aliphatic heterocycles. The van der Waals surface area contributed by atoms with Crippen molar-refractivity contribution in [2.45, 2.75) is 31.9 Å². The Balaban J connectivity index is 3.40. The molecule has 0 aromatic heterocycles. The van der Waals surface area contributed by atoms with Crippen LogP contribution >= 0.6 is 0 Å². The number of methoxy groups -OCH3 is 2. The zero-order chi connectivity index (χ0) is 14.8. The van der Waals surface area contributed by atoms with Crippen LogP contribution in [0.1, 0.15) is 20.3 Å². The summed E-state index contributed by atoms with van der Waals surface area (Å²) < 4.78 is 10.2. The van der Waals surface area contributed by atoms with Crippen LogP contribution in [0.25, 0.3) is 0 Å². The average molecular weight is 271 g/mol. The molecule has 3 unspecified atom stereocenters. The van der Waals surface area contributed by atoms with Gasteiger partial charge in [-0.3, -0.25) is 4.90 Å². The Kier molecular flexibility index (Phi) is 4.25. The predicted octanol–water partition coefficient (Wildman–Crippen LogP) is 1.51. The predicted molar refractivity (Wildman–Crippen MR) is 68.9 cm³/mol. The summed E-state index contributed by atoms with van der Waals surface area (Å²) in [5, 5.41) is 9.34. The van der Waals surface area contributed by atoms with Gasteiger partial charge in [-0.1, -0.05) is 13.0 Å². The van der Waals surface area contributed by atoms with Crippen molar-refractivity contribution in [1.82, 2.24) is 4.90 Å². The maximum absolute atomic E-state index is 12.2. The summed E-state index contributed by atoms with van der Waals surface area (Å²) in [4.78, 5) is 24.7. The third-order valence-corrected chi connectivity index (χ3v) is 4.38. The second-order valence-corrected chi connectivity index (χ2v) is 5.09. The monoisotopic (exact) mass is 271 g/mol. The van der Waals surface area contributed by atoms with Crippen LogP contribution in [-0.4, -0.2) is 54.5 Å². The molecular weight excluding hydrogens is 250 g/mol. The average Bonchev–Trinajstić information content (AvgIpc) is 2.59. The van der Waals surface area contributed by atoms with E-state index < -0.39 is 29.1 Å². The minimum absolute atomic E-state index is 0.127.